The highest BCUT2D eigenvalue weighted by Crippen LogP contribution is 2.47. The second kappa shape index (κ2) is 10.6. The minimum Gasteiger partial charge on any atom is -0.497 e. The van der Waals surface area contributed by atoms with E-state index in [1.54, 1.807) is 37.4 Å². The Morgan fingerprint density at radius 2 is 1.79 bits per heavy atom. The van der Waals surface area contributed by atoms with Crippen LogP contribution in [-0.2, 0) is 11.4 Å². The van der Waals surface area contributed by atoms with Gasteiger partial charge in [0, 0.05) is 23.6 Å². The second-order valence-corrected chi connectivity index (χ2v) is 10.8. The number of ether oxygens (including phenoxy) is 2. The first kappa shape index (κ1) is 26.5. The summed E-state index contributed by atoms with van der Waals surface area (Å²) < 4.78 is 26.5. The van der Waals surface area contributed by atoms with Crippen molar-refractivity contribution in [2.24, 2.45) is 5.41 Å². The van der Waals surface area contributed by atoms with Gasteiger partial charge in [-0.25, -0.2) is 4.39 Å². The monoisotopic (exact) mass is 529 g/mol. The summed E-state index contributed by atoms with van der Waals surface area (Å²) in [5.41, 5.74) is 5.45. The number of allylic oxidation sites excluding steroid dienone is 2. The Kier molecular flexibility index (Phi) is 7.17. The molecule has 2 aliphatic rings. The van der Waals surface area contributed by atoms with Crippen LogP contribution in [0.1, 0.15) is 66.1 Å². The van der Waals surface area contributed by atoms with E-state index in [-0.39, 0.29) is 42.6 Å². The van der Waals surface area contributed by atoms with Crippen molar-refractivity contribution in [2.75, 3.05) is 13.7 Å². The van der Waals surface area contributed by atoms with Gasteiger partial charge >= 0.3 is 5.97 Å². The molecule has 7 heteroatoms. The van der Waals surface area contributed by atoms with Crippen molar-refractivity contribution in [2.45, 2.75) is 45.6 Å². The summed E-state index contributed by atoms with van der Waals surface area (Å²) in [6.07, 6.45) is 4.14. The number of halogens is 1. The van der Waals surface area contributed by atoms with Crippen LogP contribution in [0.2, 0.25) is 0 Å². The SMILES string of the molecule is COc1ccc(F)c(-c2ccc(COc3ccc4c(c3)C(CC(=O)O)CNC4=O)cc2C2=CCCC2(C)C)c1. The highest BCUT2D eigenvalue weighted by atomic mass is 19.1. The number of benzene rings is 3. The molecule has 0 saturated heterocycles. The van der Waals surface area contributed by atoms with Crippen LogP contribution in [0.4, 0.5) is 4.39 Å². The Morgan fingerprint density at radius 1 is 1.03 bits per heavy atom. The van der Waals surface area contributed by atoms with Crippen LogP contribution in [0, 0.1) is 11.2 Å². The minimum absolute atomic E-state index is 0.0538. The van der Waals surface area contributed by atoms with Gasteiger partial charge in [-0.2, -0.15) is 0 Å². The Hall–Kier alpha value is -4.13. The van der Waals surface area contributed by atoms with E-state index in [1.807, 2.05) is 12.1 Å². The van der Waals surface area contributed by atoms with Crippen LogP contribution in [0.25, 0.3) is 16.7 Å². The first-order valence-electron chi connectivity index (χ1n) is 13.1. The summed E-state index contributed by atoms with van der Waals surface area (Å²) in [6, 6.07) is 15.9. The van der Waals surface area contributed by atoms with Crippen LogP contribution in [0.3, 0.4) is 0 Å². The third-order valence-electron chi connectivity index (χ3n) is 7.73. The number of amides is 1. The summed E-state index contributed by atoms with van der Waals surface area (Å²) >= 11 is 0. The Morgan fingerprint density at radius 3 is 2.51 bits per heavy atom. The normalized spacial score (nSPS) is 17.7. The Balaban J connectivity index is 1.47. The molecule has 3 aromatic carbocycles. The number of rotatable bonds is 8. The molecule has 0 fully saturated rings. The maximum atomic E-state index is 15.0. The number of carboxylic acids is 1. The lowest BCUT2D eigenvalue weighted by Crippen LogP contribution is -2.35. The van der Waals surface area contributed by atoms with Crippen LogP contribution in [0.15, 0.2) is 60.7 Å². The van der Waals surface area contributed by atoms with Crippen LogP contribution in [-0.4, -0.2) is 30.6 Å². The minimum atomic E-state index is -0.919. The number of hydrogen-bond donors (Lipinski definition) is 2. The molecule has 0 radical (unpaired) electrons. The van der Waals surface area contributed by atoms with Crippen LogP contribution in [0.5, 0.6) is 11.5 Å². The van der Waals surface area contributed by atoms with Gasteiger partial charge in [-0.15, -0.1) is 0 Å². The number of nitrogens with one attached hydrogen (secondary N) is 1. The molecule has 6 nitrogen and oxygen atoms in total. The molecule has 0 aromatic heterocycles. The van der Waals surface area contributed by atoms with Crippen molar-refractivity contribution in [3.63, 3.8) is 0 Å². The smallest absolute Gasteiger partial charge is 0.304 e. The Labute approximate surface area is 227 Å². The predicted molar refractivity (Wildman–Crippen MR) is 147 cm³/mol. The molecule has 0 bridgehead atoms. The van der Waals surface area contributed by atoms with E-state index in [0.29, 0.717) is 28.2 Å². The average molecular weight is 530 g/mol. The first-order valence-corrected chi connectivity index (χ1v) is 13.1. The predicted octanol–water partition coefficient (Wildman–Crippen LogP) is 6.59. The molecule has 1 unspecified atom stereocenters. The number of fused-ring (bicyclic) bond motifs is 1. The average Bonchev–Trinajstić information content (AvgIpc) is 3.27. The number of aliphatic carboxylic acids is 1. The molecule has 39 heavy (non-hydrogen) atoms. The number of carbonyl (C=O) groups is 2. The molecule has 1 aliphatic carbocycles. The van der Waals surface area contributed by atoms with Crippen molar-refractivity contribution in [3.05, 3.63) is 88.7 Å². The van der Waals surface area contributed by atoms with Gasteiger partial charge in [-0.05, 0) is 88.5 Å². The van der Waals surface area contributed by atoms with Crippen molar-refractivity contribution in [1.82, 2.24) is 5.32 Å². The van der Waals surface area contributed by atoms with E-state index < -0.39 is 5.97 Å². The van der Waals surface area contributed by atoms with E-state index in [1.165, 1.54) is 11.6 Å². The number of carbonyl (C=O) groups excluding carboxylic acids is 1. The summed E-state index contributed by atoms with van der Waals surface area (Å²) in [4.78, 5) is 23.6. The largest absolute Gasteiger partial charge is 0.497 e. The quantitative estimate of drug-likeness (QED) is 0.344. The molecule has 0 saturated carbocycles. The van der Waals surface area contributed by atoms with Crippen molar-refractivity contribution in [3.8, 4) is 22.6 Å². The standard InChI is InChI=1S/C32H32FNO5/c1-32(2)12-4-5-28(32)26-13-19(6-9-23(26)27-15-21(38-3)8-11-29(27)33)18-39-22-7-10-24-25(16-22)20(14-30(35)36)17-34-31(24)37/h5-11,13,15-16,20H,4,12,14,17-18H2,1-3H3,(H,34,37)(H,35,36). The molecule has 202 valence electrons. The first-order chi connectivity index (χ1) is 18.7. The third kappa shape index (κ3) is 5.39. The number of hydrogen-bond acceptors (Lipinski definition) is 4. The van der Waals surface area contributed by atoms with Crippen molar-refractivity contribution in [1.29, 1.82) is 0 Å². The summed E-state index contributed by atoms with van der Waals surface area (Å²) in [5.74, 6) is -0.617. The zero-order valence-corrected chi connectivity index (χ0v) is 22.3. The topological polar surface area (TPSA) is 84.9 Å². The second-order valence-electron chi connectivity index (χ2n) is 10.8. The van der Waals surface area contributed by atoms with Gasteiger partial charge in [0.1, 0.15) is 23.9 Å². The zero-order chi connectivity index (χ0) is 27.7. The fourth-order valence-electron chi connectivity index (χ4n) is 5.60. The molecular formula is C32H32FNO5. The van der Waals surface area contributed by atoms with Gasteiger partial charge in [0.05, 0.1) is 13.5 Å². The van der Waals surface area contributed by atoms with E-state index in [2.05, 4.69) is 31.3 Å². The maximum Gasteiger partial charge on any atom is 0.304 e. The molecule has 3 aromatic rings. The Bertz CT molecular complexity index is 1480. The zero-order valence-electron chi connectivity index (χ0n) is 22.3. The maximum absolute atomic E-state index is 15.0. The lowest BCUT2D eigenvalue weighted by atomic mass is 9.79. The molecule has 1 heterocycles. The summed E-state index contributed by atoms with van der Waals surface area (Å²) in [5, 5.41) is 12.1. The van der Waals surface area contributed by atoms with E-state index in [0.717, 1.165) is 29.5 Å². The van der Waals surface area contributed by atoms with Gasteiger partial charge in [-0.3, -0.25) is 9.59 Å². The van der Waals surface area contributed by atoms with Crippen molar-refractivity contribution >= 4 is 17.4 Å². The van der Waals surface area contributed by atoms with Gasteiger partial charge in [0.2, 0.25) is 0 Å². The highest BCUT2D eigenvalue weighted by molar-refractivity contribution is 5.97. The van der Waals surface area contributed by atoms with Gasteiger partial charge in [0.15, 0.2) is 0 Å². The lowest BCUT2D eigenvalue weighted by Gasteiger charge is -2.26. The number of methoxy groups -OCH3 is 1. The number of carboxylic acid groups (broad SMARTS) is 1. The molecule has 2 N–H and O–H groups in total. The highest BCUT2D eigenvalue weighted by Gasteiger charge is 2.31. The molecule has 1 atom stereocenters. The molecule has 0 spiro atoms. The third-order valence-corrected chi connectivity index (χ3v) is 7.73. The summed E-state index contributed by atoms with van der Waals surface area (Å²) in [7, 11) is 1.57. The van der Waals surface area contributed by atoms with Crippen LogP contribution < -0.4 is 14.8 Å². The van der Waals surface area contributed by atoms with Crippen molar-refractivity contribution < 1.29 is 28.6 Å². The molecule has 1 aliphatic heterocycles. The van der Waals surface area contributed by atoms with E-state index in [9.17, 15) is 14.7 Å². The van der Waals surface area contributed by atoms with Gasteiger partial charge in [-0.1, -0.05) is 32.1 Å². The molecular weight excluding hydrogens is 497 g/mol. The fourth-order valence-corrected chi connectivity index (χ4v) is 5.60. The fraction of sp³-hybridized carbons (Fsp3) is 0.312. The van der Waals surface area contributed by atoms with Gasteiger partial charge in [0.25, 0.3) is 5.91 Å². The molecule has 1 amide bonds. The lowest BCUT2D eigenvalue weighted by molar-refractivity contribution is -0.137. The van der Waals surface area contributed by atoms with E-state index >= 15 is 4.39 Å². The van der Waals surface area contributed by atoms with E-state index in [4.69, 9.17) is 9.47 Å². The van der Waals surface area contributed by atoms with Gasteiger partial charge < -0.3 is 19.9 Å². The summed E-state index contributed by atoms with van der Waals surface area (Å²) in [6.45, 7) is 4.95. The molecule has 5 rings (SSSR count). The van der Waals surface area contributed by atoms with Crippen LogP contribution >= 0.6 is 0 Å².